The average molecular weight is 208 g/mol. The summed E-state index contributed by atoms with van der Waals surface area (Å²) in [6.45, 7) is 6.38. The van der Waals surface area contributed by atoms with Gasteiger partial charge in [-0.15, -0.1) is 0 Å². The van der Waals surface area contributed by atoms with Gasteiger partial charge < -0.3 is 14.6 Å². The van der Waals surface area contributed by atoms with E-state index in [4.69, 9.17) is 9.47 Å². The van der Waals surface area contributed by atoms with Gasteiger partial charge in [-0.3, -0.25) is 0 Å². The molecule has 0 fully saturated rings. The van der Waals surface area contributed by atoms with Crippen LogP contribution in [0.25, 0.3) is 0 Å². The fourth-order valence-electron chi connectivity index (χ4n) is 1.96. The van der Waals surface area contributed by atoms with E-state index in [2.05, 4.69) is 0 Å². The first-order valence-electron chi connectivity index (χ1n) is 5.23. The molecule has 0 spiro atoms. The van der Waals surface area contributed by atoms with Crippen LogP contribution in [0.4, 0.5) is 0 Å². The van der Waals surface area contributed by atoms with Gasteiger partial charge in [0.15, 0.2) is 0 Å². The van der Waals surface area contributed by atoms with E-state index in [0.717, 1.165) is 28.9 Å². The van der Waals surface area contributed by atoms with E-state index in [-0.39, 0.29) is 6.29 Å². The van der Waals surface area contributed by atoms with Gasteiger partial charge in [-0.1, -0.05) is 0 Å². The number of fused-ring (bicyclic) bond motifs is 1. The molecule has 1 aliphatic heterocycles. The second-order valence-corrected chi connectivity index (χ2v) is 3.85. The van der Waals surface area contributed by atoms with Gasteiger partial charge in [0.2, 0.25) is 6.29 Å². The minimum absolute atomic E-state index is 0.190. The Bertz CT molecular complexity index is 385. The van der Waals surface area contributed by atoms with E-state index in [1.54, 1.807) is 0 Å². The predicted octanol–water partition coefficient (Wildman–Crippen LogP) is 2.31. The van der Waals surface area contributed by atoms with Gasteiger partial charge in [-0.05, 0) is 38.0 Å². The summed E-state index contributed by atoms with van der Waals surface area (Å²) in [4.78, 5) is 0. The quantitative estimate of drug-likeness (QED) is 0.810. The monoisotopic (exact) mass is 208 g/mol. The summed E-state index contributed by atoms with van der Waals surface area (Å²) in [6, 6.07) is 1.87. The van der Waals surface area contributed by atoms with Gasteiger partial charge in [0.25, 0.3) is 0 Å². The Morgan fingerprint density at radius 3 is 2.93 bits per heavy atom. The van der Waals surface area contributed by atoms with Crippen molar-refractivity contribution in [1.82, 2.24) is 0 Å². The molecule has 0 saturated heterocycles. The van der Waals surface area contributed by atoms with E-state index in [0.29, 0.717) is 12.4 Å². The molecule has 82 valence electrons. The van der Waals surface area contributed by atoms with Gasteiger partial charge in [-0.2, -0.15) is 0 Å². The lowest BCUT2D eigenvalue weighted by atomic mass is 10.0. The summed E-state index contributed by atoms with van der Waals surface area (Å²) in [5.41, 5.74) is 2.83. The molecule has 0 aromatic heterocycles. The minimum atomic E-state index is -0.190. The predicted molar refractivity (Wildman–Crippen MR) is 57.3 cm³/mol. The first kappa shape index (κ1) is 10.3. The first-order valence-corrected chi connectivity index (χ1v) is 5.23. The second kappa shape index (κ2) is 3.74. The standard InChI is InChI=1S/C12H16O3/c1-4-14-11-6-9-8(3)12(13)7(2)5-10(9)15-11/h5,11,13H,4,6H2,1-3H3/t11-/m1/s1. The van der Waals surface area contributed by atoms with Crippen molar-refractivity contribution in [2.45, 2.75) is 33.5 Å². The van der Waals surface area contributed by atoms with Crippen molar-refractivity contribution in [2.24, 2.45) is 0 Å². The number of hydrogen-bond acceptors (Lipinski definition) is 3. The normalized spacial score (nSPS) is 18.7. The summed E-state index contributed by atoms with van der Waals surface area (Å²) in [5.74, 6) is 1.22. The van der Waals surface area contributed by atoms with Crippen LogP contribution in [-0.4, -0.2) is 18.0 Å². The highest BCUT2D eigenvalue weighted by atomic mass is 16.7. The average Bonchev–Trinajstić information content (AvgIpc) is 2.58. The molecule has 3 heteroatoms. The van der Waals surface area contributed by atoms with Gasteiger partial charge in [0, 0.05) is 18.6 Å². The summed E-state index contributed by atoms with van der Waals surface area (Å²) in [7, 11) is 0. The Labute approximate surface area is 89.6 Å². The van der Waals surface area contributed by atoms with E-state index in [1.165, 1.54) is 0 Å². The molecule has 1 atom stereocenters. The van der Waals surface area contributed by atoms with Crippen LogP contribution in [-0.2, 0) is 11.2 Å². The van der Waals surface area contributed by atoms with Crippen LogP contribution < -0.4 is 4.74 Å². The third-order valence-corrected chi connectivity index (χ3v) is 2.81. The fraction of sp³-hybridized carbons (Fsp3) is 0.500. The van der Waals surface area contributed by atoms with E-state index < -0.39 is 0 Å². The summed E-state index contributed by atoms with van der Waals surface area (Å²) in [6.07, 6.45) is 0.535. The maximum atomic E-state index is 9.79. The first-order chi connectivity index (χ1) is 7.13. The third-order valence-electron chi connectivity index (χ3n) is 2.81. The topological polar surface area (TPSA) is 38.7 Å². The van der Waals surface area contributed by atoms with Crippen molar-refractivity contribution in [1.29, 1.82) is 0 Å². The molecule has 1 heterocycles. The lowest BCUT2D eigenvalue weighted by Crippen LogP contribution is -2.17. The summed E-state index contributed by atoms with van der Waals surface area (Å²) in [5, 5.41) is 9.79. The van der Waals surface area contributed by atoms with Crippen LogP contribution in [0.15, 0.2) is 6.07 Å². The zero-order chi connectivity index (χ0) is 11.0. The Morgan fingerprint density at radius 1 is 1.53 bits per heavy atom. The van der Waals surface area contributed by atoms with E-state index >= 15 is 0 Å². The number of ether oxygens (including phenoxy) is 2. The van der Waals surface area contributed by atoms with Crippen LogP contribution in [0, 0.1) is 13.8 Å². The SMILES string of the molecule is CCO[C@H]1Cc2c(cc(C)c(O)c2C)O1. The molecule has 2 rings (SSSR count). The Morgan fingerprint density at radius 2 is 2.27 bits per heavy atom. The molecule has 1 aromatic rings. The van der Waals surface area contributed by atoms with Gasteiger partial charge in [0.1, 0.15) is 11.5 Å². The highest BCUT2D eigenvalue weighted by Gasteiger charge is 2.26. The molecule has 1 aliphatic rings. The van der Waals surface area contributed by atoms with Gasteiger partial charge in [0.05, 0.1) is 0 Å². The van der Waals surface area contributed by atoms with Crippen molar-refractivity contribution in [2.75, 3.05) is 6.61 Å². The van der Waals surface area contributed by atoms with Crippen LogP contribution in [0.3, 0.4) is 0 Å². The molecular formula is C12H16O3. The van der Waals surface area contributed by atoms with Crippen molar-refractivity contribution < 1.29 is 14.6 Å². The highest BCUT2D eigenvalue weighted by Crippen LogP contribution is 2.38. The van der Waals surface area contributed by atoms with Gasteiger partial charge >= 0.3 is 0 Å². The number of phenols is 1. The van der Waals surface area contributed by atoms with E-state index in [1.807, 2.05) is 26.8 Å². The van der Waals surface area contributed by atoms with Crippen LogP contribution >= 0.6 is 0 Å². The Hall–Kier alpha value is -1.22. The van der Waals surface area contributed by atoms with Gasteiger partial charge in [-0.25, -0.2) is 0 Å². The Balaban J connectivity index is 2.34. The number of rotatable bonds is 2. The zero-order valence-electron chi connectivity index (χ0n) is 9.33. The molecule has 0 radical (unpaired) electrons. The van der Waals surface area contributed by atoms with Crippen LogP contribution in [0.5, 0.6) is 11.5 Å². The molecular weight excluding hydrogens is 192 g/mol. The molecule has 15 heavy (non-hydrogen) atoms. The summed E-state index contributed by atoms with van der Waals surface area (Å²) >= 11 is 0. The number of aromatic hydroxyl groups is 1. The lowest BCUT2D eigenvalue weighted by molar-refractivity contribution is -0.0602. The third kappa shape index (κ3) is 1.67. The number of hydrogen-bond donors (Lipinski definition) is 1. The minimum Gasteiger partial charge on any atom is -0.507 e. The molecule has 1 N–H and O–H groups in total. The molecule has 0 bridgehead atoms. The molecule has 1 aromatic carbocycles. The number of phenolic OH excluding ortho intramolecular Hbond substituents is 1. The molecule has 0 aliphatic carbocycles. The largest absolute Gasteiger partial charge is 0.507 e. The summed E-state index contributed by atoms with van der Waals surface area (Å²) < 4.78 is 11.0. The highest BCUT2D eigenvalue weighted by molar-refractivity contribution is 5.53. The number of benzene rings is 1. The lowest BCUT2D eigenvalue weighted by Gasteiger charge is -2.09. The molecule has 0 amide bonds. The van der Waals surface area contributed by atoms with Crippen LogP contribution in [0.1, 0.15) is 23.6 Å². The maximum Gasteiger partial charge on any atom is 0.204 e. The van der Waals surface area contributed by atoms with E-state index in [9.17, 15) is 5.11 Å². The Kier molecular flexibility index (Phi) is 2.57. The zero-order valence-corrected chi connectivity index (χ0v) is 9.33. The van der Waals surface area contributed by atoms with Crippen LogP contribution in [0.2, 0.25) is 0 Å². The molecule has 3 nitrogen and oxygen atoms in total. The molecule has 0 unspecified atom stereocenters. The molecule has 0 saturated carbocycles. The van der Waals surface area contributed by atoms with Crippen molar-refractivity contribution >= 4 is 0 Å². The number of aryl methyl sites for hydroxylation is 1. The maximum absolute atomic E-state index is 9.79. The fourth-order valence-corrected chi connectivity index (χ4v) is 1.96. The van der Waals surface area contributed by atoms with Crippen molar-refractivity contribution in [3.8, 4) is 11.5 Å². The smallest absolute Gasteiger partial charge is 0.204 e. The van der Waals surface area contributed by atoms with Crippen molar-refractivity contribution in [3.05, 3.63) is 22.8 Å². The second-order valence-electron chi connectivity index (χ2n) is 3.85. The van der Waals surface area contributed by atoms with Crippen molar-refractivity contribution in [3.63, 3.8) is 0 Å².